The molecule has 1 aromatic rings. The fourth-order valence-corrected chi connectivity index (χ4v) is 2.50. The number of hydrogen-bond acceptors (Lipinski definition) is 4. The predicted molar refractivity (Wildman–Crippen MR) is 87.2 cm³/mol. The number of alkyl carbamates (subject to hydrolysis) is 1. The summed E-state index contributed by atoms with van der Waals surface area (Å²) in [5, 5.41) is 2.78. The van der Waals surface area contributed by atoms with Gasteiger partial charge in [0.05, 0.1) is 5.56 Å². The first-order valence-corrected chi connectivity index (χ1v) is 7.93. The third kappa shape index (κ3) is 5.23. The van der Waals surface area contributed by atoms with E-state index in [9.17, 15) is 9.59 Å². The van der Waals surface area contributed by atoms with Gasteiger partial charge in [0.15, 0.2) is 0 Å². The number of pyridine rings is 1. The van der Waals surface area contributed by atoms with Gasteiger partial charge in [0.25, 0.3) is 5.91 Å². The summed E-state index contributed by atoms with van der Waals surface area (Å²) in [5.41, 5.74) is 0.999. The monoisotopic (exact) mass is 319 g/mol. The first kappa shape index (κ1) is 17.2. The molecule has 1 fully saturated rings. The van der Waals surface area contributed by atoms with Crippen molar-refractivity contribution in [3.05, 3.63) is 29.6 Å². The molecule has 126 valence electrons. The zero-order valence-electron chi connectivity index (χ0n) is 14.3. The van der Waals surface area contributed by atoms with Gasteiger partial charge in [-0.1, -0.05) is 0 Å². The van der Waals surface area contributed by atoms with E-state index in [0.29, 0.717) is 25.2 Å². The van der Waals surface area contributed by atoms with E-state index in [1.165, 1.54) is 0 Å². The number of nitrogens with zero attached hydrogens (tertiary/aromatic N) is 2. The number of nitrogens with one attached hydrogen (secondary N) is 1. The lowest BCUT2D eigenvalue weighted by Gasteiger charge is -2.21. The standard InChI is InChI=1S/C17H25N3O3/c1-12-5-6-14(10-18-12)15(21)20-8-7-13(11-20)9-19-16(22)23-17(2,3)4/h5-6,10,13H,7-9,11H2,1-4H3,(H,19,22)/t13-/m1/s1. The molecule has 2 amide bonds. The van der Waals surface area contributed by atoms with Gasteiger partial charge in [0.2, 0.25) is 0 Å². The molecule has 0 radical (unpaired) electrons. The maximum Gasteiger partial charge on any atom is 0.407 e. The maximum absolute atomic E-state index is 12.4. The van der Waals surface area contributed by atoms with E-state index >= 15 is 0 Å². The molecule has 0 bridgehead atoms. The van der Waals surface area contributed by atoms with Crippen LogP contribution >= 0.6 is 0 Å². The lowest BCUT2D eigenvalue weighted by molar-refractivity contribution is 0.0520. The molecule has 1 aromatic heterocycles. The molecule has 6 nitrogen and oxygen atoms in total. The molecule has 0 unspecified atom stereocenters. The van der Waals surface area contributed by atoms with E-state index in [1.54, 1.807) is 12.3 Å². The second-order valence-electron chi connectivity index (χ2n) is 6.98. The van der Waals surface area contributed by atoms with E-state index in [2.05, 4.69) is 10.3 Å². The Bertz CT molecular complexity index is 563. The van der Waals surface area contributed by atoms with Crippen LogP contribution in [0.3, 0.4) is 0 Å². The Morgan fingerprint density at radius 2 is 2.13 bits per heavy atom. The smallest absolute Gasteiger partial charge is 0.407 e. The molecule has 6 heteroatoms. The summed E-state index contributed by atoms with van der Waals surface area (Å²) in [6, 6.07) is 3.64. The normalized spacial score (nSPS) is 17.9. The summed E-state index contributed by atoms with van der Waals surface area (Å²) < 4.78 is 5.21. The minimum atomic E-state index is -0.500. The van der Waals surface area contributed by atoms with Crippen LogP contribution < -0.4 is 5.32 Å². The lowest BCUT2D eigenvalue weighted by atomic mass is 10.1. The minimum absolute atomic E-state index is 0.00253. The van der Waals surface area contributed by atoms with Gasteiger partial charge in [-0.15, -0.1) is 0 Å². The molecule has 2 heterocycles. The van der Waals surface area contributed by atoms with Crippen molar-refractivity contribution in [2.24, 2.45) is 5.92 Å². The number of aromatic nitrogens is 1. The summed E-state index contributed by atoms with van der Waals surface area (Å²) in [7, 11) is 0. The van der Waals surface area contributed by atoms with Crippen LogP contribution in [0.25, 0.3) is 0 Å². The Labute approximate surface area is 137 Å². The van der Waals surface area contributed by atoms with Crippen LogP contribution in [-0.2, 0) is 4.74 Å². The quantitative estimate of drug-likeness (QED) is 0.928. The third-order valence-corrected chi connectivity index (χ3v) is 3.67. The van der Waals surface area contributed by atoms with Crippen LogP contribution in [0, 0.1) is 12.8 Å². The van der Waals surface area contributed by atoms with Crippen LogP contribution in [0.15, 0.2) is 18.3 Å². The minimum Gasteiger partial charge on any atom is -0.444 e. The highest BCUT2D eigenvalue weighted by atomic mass is 16.6. The topological polar surface area (TPSA) is 71.5 Å². The largest absolute Gasteiger partial charge is 0.444 e. The van der Waals surface area contributed by atoms with Gasteiger partial charge >= 0.3 is 6.09 Å². The van der Waals surface area contributed by atoms with Crippen LogP contribution in [0.4, 0.5) is 4.79 Å². The van der Waals surface area contributed by atoms with Gasteiger partial charge in [-0.2, -0.15) is 0 Å². The first-order valence-electron chi connectivity index (χ1n) is 7.93. The molecule has 0 aromatic carbocycles. The molecule has 1 aliphatic heterocycles. The lowest BCUT2D eigenvalue weighted by Crippen LogP contribution is -2.36. The average Bonchev–Trinajstić information content (AvgIpc) is 2.92. The van der Waals surface area contributed by atoms with Gasteiger partial charge in [0.1, 0.15) is 5.60 Å². The van der Waals surface area contributed by atoms with Gasteiger partial charge in [0, 0.05) is 31.5 Å². The van der Waals surface area contributed by atoms with Gasteiger partial charge in [-0.3, -0.25) is 9.78 Å². The molecule has 1 saturated heterocycles. The maximum atomic E-state index is 12.4. The van der Waals surface area contributed by atoms with Crippen LogP contribution in [0.5, 0.6) is 0 Å². The molecular weight excluding hydrogens is 294 g/mol. The van der Waals surface area contributed by atoms with Crippen molar-refractivity contribution < 1.29 is 14.3 Å². The Morgan fingerprint density at radius 1 is 1.39 bits per heavy atom. The van der Waals surface area contributed by atoms with Crippen molar-refractivity contribution >= 4 is 12.0 Å². The zero-order valence-corrected chi connectivity index (χ0v) is 14.3. The van der Waals surface area contributed by atoms with Crippen molar-refractivity contribution in [3.63, 3.8) is 0 Å². The highest BCUT2D eigenvalue weighted by Crippen LogP contribution is 2.18. The Kier molecular flexibility index (Phi) is 5.23. The molecule has 1 N–H and O–H groups in total. The van der Waals surface area contributed by atoms with E-state index < -0.39 is 11.7 Å². The number of aryl methyl sites for hydroxylation is 1. The second kappa shape index (κ2) is 6.98. The molecule has 0 spiro atoms. The van der Waals surface area contributed by atoms with Gasteiger partial charge in [-0.25, -0.2) is 4.79 Å². The molecular formula is C17H25N3O3. The Balaban J connectivity index is 1.81. The summed E-state index contributed by atoms with van der Waals surface area (Å²) in [4.78, 5) is 30.0. The number of rotatable bonds is 3. The van der Waals surface area contributed by atoms with E-state index in [-0.39, 0.29) is 11.8 Å². The molecule has 0 aliphatic carbocycles. The number of carbonyl (C=O) groups is 2. The predicted octanol–water partition coefficient (Wildman–Crippen LogP) is 2.38. The van der Waals surface area contributed by atoms with E-state index in [4.69, 9.17) is 4.74 Å². The zero-order chi connectivity index (χ0) is 17.0. The van der Waals surface area contributed by atoms with Gasteiger partial charge < -0.3 is 15.0 Å². The second-order valence-corrected chi connectivity index (χ2v) is 6.98. The van der Waals surface area contributed by atoms with E-state index in [1.807, 2.05) is 38.7 Å². The van der Waals surface area contributed by atoms with Crippen molar-refractivity contribution in [2.45, 2.75) is 39.7 Å². The molecule has 1 aliphatic rings. The van der Waals surface area contributed by atoms with Crippen molar-refractivity contribution in [2.75, 3.05) is 19.6 Å². The third-order valence-electron chi connectivity index (χ3n) is 3.67. The fraction of sp³-hybridized carbons (Fsp3) is 0.588. The molecule has 23 heavy (non-hydrogen) atoms. The number of hydrogen-bond donors (Lipinski definition) is 1. The highest BCUT2D eigenvalue weighted by Gasteiger charge is 2.27. The average molecular weight is 319 g/mol. The van der Waals surface area contributed by atoms with Crippen molar-refractivity contribution in [1.29, 1.82) is 0 Å². The number of amides is 2. The Morgan fingerprint density at radius 3 is 2.74 bits per heavy atom. The summed E-state index contributed by atoms with van der Waals surface area (Å²) in [6.45, 7) is 9.25. The highest BCUT2D eigenvalue weighted by molar-refractivity contribution is 5.94. The summed E-state index contributed by atoms with van der Waals surface area (Å²) in [6.07, 6.45) is 2.08. The number of likely N-dealkylation sites (tertiary alicyclic amines) is 1. The SMILES string of the molecule is Cc1ccc(C(=O)N2CC[C@H](CNC(=O)OC(C)(C)C)C2)cn1. The van der Waals surface area contributed by atoms with Crippen molar-refractivity contribution in [1.82, 2.24) is 15.2 Å². The van der Waals surface area contributed by atoms with Crippen LogP contribution in [0.2, 0.25) is 0 Å². The van der Waals surface area contributed by atoms with Gasteiger partial charge in [-0.05, 0) is 52.2 Å². The molecule has 1 atom stereocenters. The van der Waals surface area contributed by atoms with Crippen LogP contribution in [0.1, 0.15) is 43.2 Å². The summed E-state index contributed by atoms with van der Waals surface area (Å²) >= 11 is 0. The van der Waals surface area contributed by atoms with Crippen LogP contribution in [-0.4, -0.2) is 47.1 Å². The van der Waals surface area contributed by atoms with E-state index in [0.717, 1.165) is 12.1 Å². The first-order chi connectivity index (χ1) is 10.7. The fourth-order valence-electron chi connectivity index (χ4n) is 2.50. The number of ether oxygens (including phenoxy) is 1. The molecule has 0 saturated carbocycles. The number of carbonyl (C=O) groups excluding carboxylic acids is 2. The summed E-state index contributed by atoms with van der Waals surface area (Å²) in [5.74, 6) is 0.252. The van der Waals surface area contributed by atoms with Crippen molar-refractivity contribution in [3.8, 4) is 0 Å². The molecule has 2 rings (SSSR count). The Hall–Kier alpha value is -2.11.